The van der Waals surface area contributed by atoms with Crippen molar-refractivity contribution < 1.29 is 4.92 Å². The topological polar surface area (TPSA) is 92.5 Å². The van der Waals surface area contributed by atoms with E-state index in [-0.39, 0.29) is 5.69 Å². The number of non-ortho nitro benzene ring substituents is 1. The van der Waals surface area contributed by atoms with Crippen LogP contribution >= 0.6 is 11.3 Å². The number of aromatic nitrogens is 1. The fourth-order valence-electron chi connectivity index (χ4n) is 2.14. The molecule has 0 aliphatic rings. The SMILES string of the molecule is CCNC(=NCc1ccc([N+](=O)[O-])cc1)NCc1sc(C)nc1C. The van der Waals surface area contributed by atoms with Crippen molar-refractivity contribution in [2.24, 2.45) is 4.99 Å². The van der Waals surface area contributed by atoms with Gasteiger partial charge in [-0.1, -0.05) is 12.1 Å². The van der Waals surface area contributed by atoms with Gasteiger partial charge in [0.2, 0.25) is 0 Å². The monoisotopic (exact) mass is 347 g/mol. The average molecular weight is 347 g/mol. The van der Waals surface area contributed by atoms with Crippen LogP contribution in [0.1, 0.15) is 28.1 Å². The van der Waals surface area contributed by atoms with Crippen molar-refractivity contribution in [1.29, 1.82) is 0 Å². The number of aryl methyl sites for hydroxylation is 2. The van der Waals surface area contributed by atoms with Gasteiger partial charge in [0.05, 0.1) is 28.7 Å². The molecule has 2 aromatic rings. The van der Waals surface area contributed by atoms with Crippen molar-refractivity contribution in [2.45, 2.75) is 33.9 Å². The van der Waals surface area contributed by atoms with Gasteiger partial charge >= 0.3 is 0 Å². The van der Waals surface area contributed by atoms with Crippen LogP contribution in [0.3, 0.4) is 0 Å². The summed E-state index contributed by atoms with van der Waals surface area (Å²) >= 11 is 1.67. The molecule has 2 rings (SSSR count). The van der Waals surface area contributed by atoms with Crippen LogP contribution in [0.4, 0.5) is 5.69 Å². The summed E-state index contributed by atoms with van der Waals surface area (Å²) in [6.45, 7) is 7.88. The van der Waals surface area contributed by atoms with Crippen LogP contribution in [0.25, 0.3) is 0 Å². The molecule has 0 unspecified atom stereocenters. The zero-order valence-electron chi connectivity index (χ0n) is 14.0. The van der Waals surface area contributed by atoms with Gasteiger partial charge in [-0.25, -0.2) is 9.98 Å². The summed E-state index contributed by atoms with van der Waals surface area (Å²) in [7, 11) is 0. The maximum Gasteiger partial charge on any atom is 0.269 e. The normalized spacial score (nSPS) is 11.4. The first-order chi connectivity index (χ1) is 11.5. The molecule has 8 heteroatoms. The Hall–Kier alpha value is -2.48. The molecule has 2 N–H and O–H groups in total. The Kier molecular flexibility index (Phi) is 6.25. The van der Waals surface area contributed by atoms with E-state index in [2.05, 4.69) is 20.6 Å². The lowest BCUT2D eigenvalue weighted by atomic mass is 10.2. The Morgan fingerprint density at radius 2 is 2.00 bits per heavy atom. The zero-order valence-corrected chi connectivity index (χ0v) is 14.8. The summed E-state index contributed by atoms with van der Waals surface area (Å²) in [5.74, 6) is 0.710. The molecule has 128 valence electrons. The van der Waals surface area contributed by atoms with Crippen molar-refractivity contribution in [3.8, 4) is 0 Å². The highest BCUT2D eigenvalue weighted by atomic mass is 32.1. The first-order valence-electron chi connectivity index (χ1n) is 7.68. The Labute approximate surface area is 145 Å². The molecule has 1 aromatic carbocycles. The van der Waals surface area contributed by atoms with E-state index < -0.39 is 4.92 Å². The number of nitro groups is 1. The van der Waals surface area contributed by atoms with Crippen LogP contribution in [0, 0.1) is 24.0 Å². The Balaban J connectivity index is 1.99. The predicted octanol–water partition coefficient (Wildman–Crippen LogP) is 2.92. The van der Waals surface area contributed by atoms with Crippen LogP contribution in [-0.2, 0) is 13.1 Å². The molecule has 0 bridgehead atoms. The van der Waals surface area contributed by atoms with E-state index in [0.717, 1.165) is 22.8 Å². The number of nitro benzene ring substituents is 1. The van der Waals surface area contributed by atoms with E-state index in [9.17, 15) is 10.1 Å². The van der Waals surface area contributed by atoms with Gasteiger partial charge in [-0.2, -0.15) is 0 Å². The summed E-state index contributed by atoms with van der Waals surface area (Å²) in [5.41, 5.74) is 2.04. The van der Waals surface area contributed by atoms with Crippen molar-refractivity contribution in [3.05, 3.63) is 55.5 Å². The summed E-state index contributed by atoms with van der Waals surface area (Å²) in [6.07, 6.45) is 0. The number of nitrogens with zero attached hydrogens (tertiary/aromatic N) is 3. The molecule has 1 heterocycles. The maximum atomic E-state index is 10.7. The van der Waals surface area contributed by atoms with E-state index >= 15 is 0 Å². The molecule has 1 aromatic heterocycles. The van der Waals surface area contributed by atoms with Crippen LogP contribution in [0.15, 0.2) is 29.3 Å². The maximum absolute atomic E-state index is 10.7. The lowest BCUT2D eigenvalue weighted by Crippen LogP contribution is -2.36. The molecule has 0 fully saturated rings. The van der Waals surface area contributed by atoms with Gasteiger partial charge in [0.25, 0.3) is 5.69 Å². The Morgan fingerprint density at radius 3 is 2.54 bits per heavy atom. The number of aliphatic imine (C=N–C) groups is 1. The largest absolute Gasteiger partial charge is 0.357 e. The zero-order chi connectivity index (χ0) is 17.5. The second-order valence-electron chi connectivity index (χ2n) is 5.21. The van der Waals surface area contributed by atoms with Crippen molar-refractivity contribution in [2.75, 3.05) is 6.54 Å². The predicted molar refractivity (Wildman–Crippen MR) is 96.3 cm³/mol. The Bertz CT molecular complexity index is 725. The molecule has 0 spiro atoms. The van der Waals surface area contributed by atoms with Crippen molar-refractivity contribution in [1.82, 2.24) is 15.6 Å². The van der Waals surface area contributed by atoms with E-state index in [1.165, 1.54) is 17.0 Å². The van der Waals surface area contributed by atoms with Gasteiger partial charge in [-0.05, 0) is 26.3 Å². The summed E-state index contributed by atoms with van der Waals surface area (Å²) in [5, 5.41) is 18.2. The fourth-order valence-corrected chi connectivity index (χ4v) is 3.01. The van der Waals surface area contributed by atoms with Crippen molar-refractivity contribution in [3.63, 3.8) is 0 Å². The van der Waals surface area contributed by atoms with Gasteiger partial charge in [0.15, 0.2) is 5.96 Å². The molecule has 0 radical (unpaired) electrons. The minimum Gasteiger partial charge on any atom is -0.357 e. The third-order valence-electron chi connectivity index (χ3n) is 3.33. The highest BCUT2D eigenvalue weighted by Crippen LogP contribution is 2.16. The highest BCUT2D eigenvalue weighted by Gasteiger charge is 2.06. The van der Waals surface area contributed by atoms with E-state index in [1.807, 2.05) is 20.8 Å². The molecule has 0 aliphatic heterocycles. The van der Waals surface area contributed by atoms with Gasteiger partial charge < -0.3 is 10.6 Å². The van der Waals surface area contributed by atoms with E-state index in [0.29, 0.717) is 19.0 Å². The van der Waals surface area contributed by atoms with Gasteiger partial charge in [0, 0.05) is 23.6 Å². The lowest BCUT2D eigenvalue weighted by molar-refractivity contribution is -0.384. The molecule has 24 heavy (non-hydrogen) atoms. The highest BCUT2D eigenvalue weighted by molar-refractivity contribution is 7.11. The van der Waals surface area contributed by atoms with Gasteiger partial charge in [0.1, 0.15) is 0 Å². The quantitative estimate of drug-likeness (QED) is 0.363. The standard InChI is InChI=1S/C16H21N5O2S/c1-4-17-16(19-10-15-11(2)20-12(3)24-15)18-9-13-5-7-14(8-6-13)21(22)23/h5-8H,4,9-10H2,1-3H3,(H2,17,18,19). The summed E-state index contributed by atoms with van der Waals surface area (Å²) in [4.78, 5) is 20.4. The van der Waals surface area contributed by atoms with Gasteiger partial charge in [-0.15, -0.1) is 11.3 Å². The third-order valence-corrected chi connectivity index (χ3v) is 4.40. The fraction of sp³-hybridized carbons (Fsp3) is 0.375. The number of hydrogen-bond donors (Lipinski definition) is 2. The second-order valence-corrected chi connectivity index (χ2v) is 6.50. The molecular weight excluding hydrogens is 326 g/mol. The van der Waals surface area contributed by atoms with Crippen LogP contribution < -0.4 is 10.6 Å². The molecule has 0 amide bonds. The number of guanidine groups is 1. The minimum absolute atomic E-state index is 0.0869. The first kappa shape index (κ1) is 17.9. The number of benzene rings is 1. The Morgan fingerprint density at radius 1 is 1.29 bits per heavy atom. The van der Waals surface area contributed by atoms with Crippen LogP contribution in [0.5, 0.6) is 0 Å². The summed E-state index contributed by atoms with van der Waals surface area (Å²) in [6, 6.07) is 6.44. The van der Waals surface area contributed by atoms with E-state index in [4.69, 9.17) is 0 Å². The average Bonchev–Trinajstić information content (AvgIpc) is 2.88. The smallest absolute Gasteiger partial charge is 0.269 e. The van der Waals surface area contributed by atoms with Crippen LogP contribution in [-0.4, -0.2) is 22.4 Å². The molecule has 0 saturated carbocycles. The van der Waals surface area contributed by atoms with Gasteiger partial charge in [-0.3, -0.25) is 10.1 Å². The molecule has 7 nitrogen and oxygen atoms in total. The molecule has 0 saturated heterocycles. The summed E-state index contributed by atoms with van der Waals surface area (Å²) < 4.78 is 0. The number of hydrogen-bond acceptors (Lipinski definition) is 5. The van der Waals surface area contributed by atoms with Crippen LogP contribution in [0.2, 0.25) is 0 Å². The van der Waals surface area contributed by atoms with E-state index in [1.54, 1.807) is 23.5 Å². The third kappa shape index (κ3) is 5.02. The lowest BCUT2D eigenvalue weighted by Gasteiger charge is -2.10. The minimum atomic E-state index is -0.405. The first-order valence-corrected chi connectivity index (χ1v) is 8.49. The molecule has 0 aliphatic carbocycles. The second kappa shape index (κ2) is 8.39. The van der Waals surface area contributed by atoms with Crippen molar-refractivity contribution >= 4 is 23.0 Å². The number of thiazole rings is 1. The molecular formula is C16H21N5O2S. The number of nitrogens with one attached hydrogen (secondary N) is 2. The number of rotatable bonds is 6. The molecule has 0 atom stereocenters.